The molecule has 21 heavy (non-hydrogen) atoms. The lowest BCUT2D eigenvalue weighted by molar-refractivity contribution is -0.140. The quantitative estimate of drug-likeness (QED) is 0.734. The van der Waals surface area contributed by atoms with Crippen LogP contribution in [0.2, 0.25) is 0 Å². The number of carbonyl (C=O) groups is 2. The van der Waals surface area contributed by atoms with E-state index in [4.69, 9.17) is 5.11 Å². The van der Waals surface area contributed by atoms with Crippen LogP contribution >= 0.6 is 11.8 Å². The number of carbonyl (C=O) groups excluding carboxylic acids is 1. The van der Waals surface area contributed by atoms with Crippen LogP contribution in [-0.2, 0) is 9.59 Å². The molecule has 2 aliphatic carbocycles. The highest BCUT2D eigenvalue weighted by molar-refractivity contribution is 7.99. The van der Waals surface area contributed by atoms with Crippen molar-refractivity contribution in [1.29, 1.82) is 0 Å². The van der Waals surface area contributed by atoms with Gasteiger partial charge in [-0.05, 0) is 25.7 Å². The number of nitrogens with one attached hydrogen (secondary N) is 1. The number of amides is 1. The zero-order valence-corrected chi connectivity index (χ0v) is 12.6. The van der Waals surface area contributed by atoms with E-state index in [1.165, 1.54) is 31.5 Å². The highest BCUT2D eigenvalue weighted by Gasteiger charge is 2.36. The maximum Gasteiger partial charge on any atom is 0.327 e. The smallest absolute Gasteiger partial charge is 0.327 e. The van der Waals surface area contributed by atoms with Gasteiger partial charge in [-0.3, -0.25) is 4.79 Å². The molecule has 0 saturated heterocycles. The Morgan fingerprint density at radius 1 is 1.38 bits per heavy atom. The van der Waals surface area contributed by atoms with Gasteiger partial charge in [0.1, 0.15) is 11.9 Å². The second kappa shape index (κ2) is 5.67. The number of rotatable bonds is 7. The van der Waals surface area contributed by atoms with Gasteiger partial charge < -0.3 is 15.0 Å². The van der Waals surface area contributed by atoms with Crippen LogP contribution in [0.4, 0.5) is 0 Å². The Morgan fingerprint density at radius 2 is 2.10 bits per heavy atom. The molecule has 1 atom stereocenters. The molecule has 2 saturated carbocycles. The van der Waals surface area contributed by atoms with Crippen molar-refractivity contribution in [3.05, 3.63) is 5.82 Å². The molecule has 1 amide bonds. The third-order valence-electron chi connectivity index (χ3n) is 3.60. The molecule has 0 aliphatic heterocycles. The molecule has 1 aromatic heterocycles. The molecule has 114 valence electrons. The summed E-state index contributed by atoms with van der Waals surface area (Å²) in [7, 11) is 0. The third-order valence-corrected chi connectivity index (χ3v) is 4.64. The van der Waals surface area contributed by atoms with E-state index < -0.39 is 12.0 Å². The van der Waals surface area contributed by atoms with Crippen molar-refractivity contribution in [2.24, 2.45) is 0 Å². The van der Waals surface area contributed by atoms with Crippen LogP contribution in [0.1, 0.15) is 50.4 Å². The van der Waals surface area contributed by atoms with Crippen LogP contribution in [0.3, 0.4) is 0 Å². The Kier molecular flexibility index (Phi) is 3.88. The van der Waals surface area contributed by atoms with Crippen molar-refractivity contribution in [2.45, 2.75) is 55.8 Å². The second-order valence-electron chi connectivity index (χ2n) is 5.62. The first kappa shape index (κ1) is 14.4. The number of carboxylic acids is 1. The zero-order valence-electron chi connectivity index (χ0n) is 11.8. The number of hydrogen-bond acceptors (Lipinski definition) is 5. The van der Waals surface area contributed by atoms with Crippen molar-refractivity contribution >= 4 is 23.6 Å². The maximum absolute atomic E-state index is 11.1. The summed E-state index contributed by atoms with van der Waals surface area (Å²) in [5.41, 5.74) is 0. The molecule has 1 aromatic rings. The van der Waals surface area contributed by atoms with Crippen LogP contribution in [-0.4, -0.2) is 43.5 Å². The number of nitrogens with zero attached hydrogens (tertiary/aromatic N) is 3. The van der Waals surface area contributed by atoms with Crippen LogP contribution in [0, 0.1) is 0 Å². The van der Waals surface area contributed by atoms with Gasteiger partial charge in [0.15, 0.2) is 5.16 Å². The fraction of sp³-hybridized carbons (Fsp3) is 0.692. The summed E-state index contributed by atoms with van der Waals surface area (Å²) in [4.78, 5) is 22.2. The number of aromatic nitrogens is 3. The standard InChI is InChI=1S/C13H18N4O3S/c1-7(18)14-10(12(19)20)6-21-13-16-15-11(8-2-3-8)17(13)9-4-5-9/h8-10H,2-6H2,1H3,(H,14,18)(H,19,20). The van der Waals surface area contributed by atoms with Gasteiger partial charge in [-0.2, -0.15) is 0 Å². The van der Waals surface area contributed by atoms with Crippen LogP contribution in [0.25, 0.3) is 0 Å². The molecular formula is C13H18N4O3S. The van der Waals surface area contributed by atoms with Gasteiger partial charge in [0, 0.05) is 24.6 Å². The van der Waals surface area contributed by atoms with Gasteiger partial charge >= 0.3 is 5.97 Å². The highest BCUT2D eigenvalue weighted by Crippen LogP contribution is 2.45. The third kappa shape index (κ3) is 3.37. The van der Waals surface area contributed by atoms with Gasteiger partial charge in [-0.15, -0.1) is 10.2 Å². The Labute approximate surface area is 126 Å². The van der Waals surface area contributed by atoms with Crippen molar-refractivity contribution in [1.82, 2.24) is 20.1 Å². The number of carboxylic acid groups (broad SMARTS) is 1. The maximum atomic E-state index is 11.1. The second-order valence-corrected chi connectivity index (χ2v) is 6.61. The fourth-order valence-electron chi connectivity index (χ4n) is 2.26. The lowest BCUT2D eigenvalue weighted by atomic mass is 10.3. The molecule has 3 rings (SSSR count). The van der Waals surface area contributed by atoms with E-state index in [0.29, 0.717) is 12.0 Å². The van der Waals surface area contributed by atoms with Crippen LogP contribution in [0.5, 0.6) is 0 Å². The highest BCUT2D eigenvalue weighted by atomic mass is 32.2. The minimum absolute atomic E-state index is 0.254. The molecule has 2 N–H and O–H groups in total. The molecule has 8 heteroatoms. The van der Waals surface area contributed by atoms with E-state index in [1.807, 2.05) is 0 Å². The summed E-state index contributed by atoms with van der Waals surface area (Å²) in [6, 6.07) is -0.427. The Balaban J connectivity index is 1.69. The van der Waals surface area contributed by atoms with Crippen LogP contribution in [0.15, 0.2) is 5.16 Å². The van der Waals surface area contributed by atoms with Crippen molar-refractivity contribution in [3.8, 4) is 0 Å². The minimum Gasteiger partial charge on any atom is -0.480 e. The molecule has 7 nitrogen and oxygen atoms in total. The lowest BCUT2D eigenvalue weighted by Gasteiger charge is -2.13. The van der Waals surface area contributed by atoms with E-state index >= 15 is 0 Å². The first-order chi connectivity index (χ1) is 10.1. The minimum atomic E-state index is -1.03. The Hall–Kier alpha value is -1.57. The van der Waals surface area contributed by atoms with Crippen LogP contribution < -0.4 is 5.32 Å². The van der Waals surface area contributed by atoms with E-state index in [1.54, 1.807) is 0 Å². The van der Waals surface area contributed by atoms with Gasteiger partial charge in [-0.25, -0.2) is 4.79 Å². The lowest BCUT2D eigenvalue weighted by Crippen LogP contribution is -2.41. The number of thioether (sulfide) groups is 1. The molecule has 0 aromatic carbocycles. The summed E-state index contributed by atoms with van der Waals surface area (Å²) in [6.45, 7) is 1.32. The summed E-state index contributed by atoms with van der Waals surface area (Å²) in [5.74, 6) is 0.456. The Morgan fingerprint density at radius 3 is 2.62 bits per heavy atom. The van der Waals surface area contributed by atoms with Crippen molar-refractivity contribution in [2.75, 3.05) is 5.75 Å². The molecule has 2 aliphatic rings. The topological polar surface area (TPSA) is 97.1 Å². The monoisotopic (exact) mass is 310 g/mol. The van der Waals surface area contributed by atoms with Crippen molar-refractivity contribution < 1.29 is 14.7 Å². The first-order valence-electron chi connectivity index (χ1n) is 7.13. The summed E-state index contributed by atoms with van der Waals surface area (Å²) < 4.78 is 2.18. The number of hydrogen-bond donors (Lipinski definition) is 2. The first-order valence-corrected chi connectivity index (χ1v) is 8.12. The molecular weight excluding hydrogens is 292 g/mol. The molecule has 0 bridgehead atoms. The van der Waals surface area contributed by atoms with Gasteiger partial charge in [0.2, 0.25) is 5.91 Å². The fourth-order valence-corrected chi connectivity index (χ4v) is 3.28. The Bertz CT molecular complexity index is 566. The molecule has 0 radical (unpaired) electrons. The average Bonchev–Trinajstić information content (AvgIpc) is 3.32. The van der Waals surface area contributed by atoms with E-state index in [2.05, 4.69) is 20.1 Å². The molecule has 2 fully saturated rings. The van der Waals surface area contributed by atoms with E-state index in [0.717, 1.165) is 23.8 Å². The van der Waals surface area contributed by atoms with Crippen molar-refractivity contribution in [3.63, 3.8) is 0 Å². The van der Waals surface area contributed by atoms with Gasteiger partial charge in [0.05, 0.1) is 0 Å². The average molecular weight is 310 g/mol. The predicted molar refractivity (Wildman–Crippen MR) is 76.2 cm³/mol. The van der Waals surface area contributed by atoms with E-state index in [9.17, 15) is 9.59 Å². The summed E-state index contributed by atoms with van der Waals surface area (Å²) >= 11 is 1.35. The SMILES string of the molecule is CC(=O)NC(CSc1nnc(C2CC2)n1C1CC1)C(=O)O. The summed E-state index contributed by atoms with van der Waals surface area (Å²) in [6.07, 6.45) is 4.61. The predicted octanol–water partition coefficient (Wildman–Crippen LogP) is 1.17. The molecule has 0 spiro atoms. The van der Waals surface area contributed by atoms with Gasteiger partial charge in [-0.1, -0.05) is 11.8 Å². The largest absolute Gasteiger partial charge is 0.480 e. The van der Waals surface area contributed by atoms with Gasteiger partial charge in [0.25, 0.3) is 0 Å². The zero-order chi connectivity index (χ0) is 15.0. The normalized spacial score (nSPS) is 19.3. The van der Waals surface area contributed by atoms with E-state index in [-0.39, 0.29) is 11.7 Å². The molecule has 1 heterocycles. The molecule has 1 unspecified atom stereocenters. The summed E-state index contributed by atoms with van der Waals surface area (Å²) in [5, 5.41) is 20.8. The number of aliphatic carboxylic acids is 1.